The van der Waals surface area contributed by atoms with Crippen LogP contribution in [0.1, 0.15) is 55.8 Å². The molecule has 2 fully saturated rings. The molecule has 1 aliphatic carbocycles. The van der Waals surface area contributed by atoms with Crippen molar-refractivity contribution in [3.8, 4) is 17.1 Å². The van der Waals surface area contributed by atoms with Crippen LogP contribution >= 0.6 is 0 Å². The van der Waals surface area contributed by atoms with Gasteiger partial charge in [0, 0.05) is 29.3 Å². The average Bonchev–Trinajstić information content (AvgIpc) is 3.48. The lowest BCUT2D eigenvalue weighted by molar-refractivity contribution is -0.123. The third-order valence-electron chi connectivity index (χ3n) is 6.44. The number of rotatable bonds is 12. The molecule has 0 bridgehead atoms. The number of para-hydroxylation sites is 1. The third kappa shape index (κ3) is 6.20. The molecule has 5 rings (SSSR count). The first-order chi connectivity index (χ1) is 18.5. The quantitative estimate of drug-likeness (QED) is 0.336. The fourth-order valence-corrected chi connectivity index (χ4v) is 4.29. The van der Waals surface area contributed by atoms with Crippen LogP contribution in [0.4, 0.5) is 4.79 Å². The Balaban J connectivity index is 1.19. The van der Waals surface area contributed by atoms with E-state index in [4.69, 9.17) is 15.3 Å². The first kappa shape index (κ1) is 23.3. The van der Waals surface area contributed by atoms with E-state index in [1.54, 1.807) is 23.3 Å². The summed E-state index contributed by atoms with van der Waals surface area (Å²) >= 11 is 0. The van der Waals surface area contributed by atoms with E-state index in [9.17, 15) is 14.4 Å². The molecule has 2 unspecified atom stereocenters. The Bertz CT molecular complexity index is 1270. The van der Waals surface area contributed by atoms with Gasteiger partial charge in [-0.3, -0.25) is 14.9 Å². The van der Waals surface area contributed by atoms with E-state index in [0.29, 0.717) is 29.9 Å². The lowest BCUT2D eigenvalue weighted by Gasteiger charge is -2.24. The van der Waals surface area contributed by atoms with Crippen LogP contribution in [0.25, 0.3) is 11.3 Å². The third-order valence-corrected chi connectivity index (χ3v) is 6.44. The molecule has 2 aromatic carbocycles. The van der Waals surface area contributed by atoms with Crippen LogP contribution in [0.3, 0.4) is 0 Å². The van der Waals surface area contributed by atoms with E-state index in [1.165, 1.54) is 0 Å². The highest BCUT2D eigenvalue weighted by atomic mass is 16.6. The number of hydrogen-bond acceptors (Lipinski definition) is 6. The smallest absolute Gasteiger partial charge is 0.414 e. The minimum Gasteiger partial charge on any atom is -0.493 e. The van der Waals surface area contributed by atoms with Gasteiger partial charge in [0.2, 0.25) is 0 Å². The second kappa shape index (κ2) is 11.3. The summed E-state index contributed by atoms with van der Waals surface area (Å²) in [7, 11) is 0. The number of amides is 3. The van der Waals surface area contributed by atoms with E-state index >= 15 is 0 Å². The maximum Gasteiger partial charge on any atom is 0.414 e. The van der Waals surface area contributed by atoms with E-state index < -0.39 is 18.7 Å². The van der Waals surface area contributed by atoms with E-state index in [1.807, 2.05) is 48.5 Å². The second-order valence-corrected chi connectivity index (χ2v) is 9.25. The van der Waals surface area contributed by atoms with Crippen molar-refractivity contribution in [1.29, 1.82) is 0 Å². The summed E-state index contributed by atoms with van der Waals surface area (Å²) in [6.45, 7) is -0.460. The summed E-state index contributed by atoms with van der Waals surface area (Å²) in [5, 5.41) is 2.13. The molecule has 3 aromatic rings. The molecule has 2 atom stereocenters. The van der Waals surface area contributed by atoms with Crippen molar-refractivity contribution >= 4 is 17.9 Å². The highest BCUT2D eigenvalue weighted by molar-refractivity contribution is 5.99. The number of imide groups is 1. The molecule has 1 aliphatic heterocycles. The van der Waals surface area contributed by atoms with Crippen molar-refractivity contribution in [3.05, 3.63) is 78.1 Å². The summed E-state index contributed by atoms with van der Waals surface area (Å²) in [5.74, 6) is 0.762. The van der Waals surface area contributed by atoms with Crippen LogP contribution in [0.5, 0.6) is 5.75 Å². The van der Waals surface area contributed by atoms with Gasteiger partial charge in [-0.25, -0.2) is 4.79 Å². The zero-order valence-electron chi connectivity index (χ0n) is 21.4. The van der Waals surface area contributed by atoms with Crippen LogP contribution in [-0.4, -0.2) is 41.6 Å². The molecule has 1 saturated heterocycles. The van der Waals surface area contributed by atoms with Gasteiger partial charge in [0.25, 0.3) is 11.8 Å². The van der Waals surface area contributed by atoms with E-state index in [0.717, 1.165) is 43.4 Å². The molecule has 0 radical (unpaired) electrons. The monoisotopic (exact) mass is 503 g/mol. The Labute approximate surface area is 216 Å². The molecule has 1 saturated carbocycles. The molecule has 192 valence electrons. The molecule has 37 heavy (non-hydrogen) atoms. The fraction of sp³-hybridized carbons (Fsp3) is 0.345. The molecule has 2 aliphatic rings. The highest BCUT2D eigenvalue weighted by Crippen LogP contribution is 2.32. The zero-order valence-corrected chi connectivity index (χ0v) is 20.4. The fourth-order valence-electron chi connectivity index (χ4n) is 4.29. The van der Waals surface area contributed by atoms with Crippen molar-refractivity contribution in [1.82, 2.24) is 10.2 Å². The first-order valence-corrected chi connectivity index (χ1v) is 12.6. The van der Waals surface area contributed by atoms with Crippen LogP contribution in [0.15, 0.2) is 71.3 Å². The SMILES string of the molecule is [2H]C(c1ccccc1OCCCCCC1OC(=O)NC1=O)N(C(=O)c1ccc(-c2ccco2)cc1)C1CC1. The number of benzene rings is 2. The van der Waals surface area contributed by atoms with Crippen molar-refractivity contribution < 1.29 is 29.6 Å². The molecule has 1 aromatic heterocycles. The predicted octanol–water partition coefficient (Wildman–Crippen LogP) is 5.33. The second-order valence-electron chi connectivity index (χ2n) is 9.25. The van der Waals surface area contributed by atoms with Gasteiger partial charge in [0.15, 0.2) is 6.10 Å². The van der Waals surface area contributed by atoms with Gasteiger partial charge in [-0.2, -0.15) is 0 Å². The van der Waals surface area contributed by atoms with Crippen LogP contribution in [0.2, 0.25) is 0 Å². The highest BCUT2D eigenvalue weighted by Gasteiger charge is 2.34. The summed E-state index contributed by atoms with van der Waals surface area (Å²) in [6.07, 6.45) is 4.72. The molecular weight excluding hydrogens is 472 g/mol. The maximum atomic E-state index is 13.5. The van der Waals surface area contributed by atoms with Gasteiger partial charge >= 0.3 is 6.09 Å². The lowest BCUT2D eigenvalue weighted by atomic mass is 10.1. The topological polar surface area (TPSA) is 98.1 Å². The Morgan fingerprint density at radius 2 is 1.84 bits per heavy atom. The largest absolute Gasteiger partial charge is 0.493 e. The molecular formula is C29H30N2O6. The van der Waals surface area contributed by atoms with Crippen molar-refractivity contribution in [2.75, 3.05) is 6.61 Å². The van der Waals surface area contributed by atoms with E-state index in [2.05, 4.69) is 5.32 Å². The number of carbonyl (C=O) groups is 3. The van der Waals surface area contributed by atoms with Gasteiger partial charge in [-0.15, -0.1) is 0 Å². The average molecular weight is 504 g/mol. The van der Waals surface area contributed by atoms with Gasteiger partial charge in [0.1, 0.15) is 11.5 Å². The minimum absolute atomic E-state index is 0.0321. The van der Waals surface area contributed by atoms with Crippen molar-refractivity contribution in [2.45, 2.75) is 57.2 Å². The number of hydrogen-bond donors (Lipinski definition) is 1. The van der Waals surface area contributed by atoms with Gasteiger partial charge < -0.3 is 18.8 Å². The van der Waals surface area contributed by atoms with Gasteiger partial charge in [-0.05, 0) is 68.9 Å². The summed E-state index contributed by atoms with van der Waals surface area (Å²) in [4.78, 5) is 37.8. The van der Waals surface area contributed by atoms with E-state index in [-0.39, 0.29) is 17.9 Å². The van der Waals surface area contributed by atoms with Crippen LogP contribution in [-0.2, 0) is 16.1 Å². The molecule has 8 heteroatoms. The Kier molecular flexibility index (Phi) is 7.14. The molecule has 8 nitrogen and oxygen atoms in total. The summed E-state index contributed by atoms with van der Waals surface area (Å²) in [5.41, 5.74) is 2.07. The number of ether oxygens (including phenoxy) is 2. The van der Waals surface area contributed by atoms with Gasteiger partial charge in [0.05, 0.1) is 14.2 Å². The number of nitrogens with one attached hydrogen (secondary N) is 1. The van der Waals surface area contributed by atoms with Crippen molar-refractivity contribution in [2.24, 2.45) is 0 Å². The minimum atomic E-state index is -0.897. The Hall–Kier alpha value is -4.07. The normalized spacial score (nSPS) is 18.1. The van der Waals surface area contributed by atoms with Crippen LogP contribution in [0, 0.1) is 0 Å². The number of cyclic esters (lactones) is 1. The van der Waals surface area contributed by atoms with Crippen molar-refractivity contribution in [3.63, 3.8) is 0 Å². The zero-order chi connectivity index (χ0) is 26.5. The Morgan fingerprint density at radius 1 is 1.03 bits per heavy atom. The first-order valence-electron chi connectivity index (χ1n) is 13.2. The predicted molar refractivity (Wildman–Crippen MR) is 136 cm³/mol. The van der Waals surface area contributed by atoms with Gasteiger partial charge in [-0.1, -0.05) is 30.3 Å². The summed E-state index contributed by atoms with van der Waals surface area (Å²) < 4.78 is 25.4. The number of nitrogens with zero attached hydrogens (tertiary/aromatic N) is 1. The number of alkyl carbamates (subject to hydrolysis) is 1. The number of unbranched alkanes of at least 4 members (excludes halogenated alkanes) is 2. The maximum absolute atomic E-state index is 13.5. The number of carbonyl (C=O) groups excluding carboxylic acids is 3. The van der Waals surface area contributed by atoms with Crippen LogP contribution < -0.4 is 10.1 Å². The molecule has 3 amide bonds. The number of furan rings is 1. The molecule has 1 N–H and O–H groups in total. The lowest BCUT2D eigenvalue weighted by Crippen LogP contribution is -2.32. The Morgan fingerprint density at radius 3 is 2.54 bits per heavy atom. The standard InChI is InChI=1S/C29H30N2O6/c32-27-26(37-29(34)30-27)9-2-1-5-17-35-25-8-4-3-7-22(25)19-31(23-15-16-23)28(33)21-13-11-20(12-14-21)24-10-6-18-36-24/h3-4,6-8,10-14,18,23,26H,1-2,5,9,15-17,19H2,(H,30,32,34)/i19D. The summed E-state index contributed by atoms with van der Waals surface area (Å²) in [6, 6.07) is 18.4. The molecule has 0 spiro atoms. The molecule has 2 heterocycles.